The highest BCUT2D eigenvalue weighted by molar-refractivity contribution is 9.10. The van der Waals surface area contributed by atoms with E-state index in [1.807, 2.05) is 49.4 Å². The van der Waals surface area contributed by atoms with Crippen molar-refractivity contribution in [1.82, 2.24) is 4.57 Å². The van der Waals surface area contributed by atoms with Crippen molar-refractivity contribution in [3.8, 4) is 0 Å². The minimum absolute atomic E-state index is 0.160. The molecule has 0 spiro atoms. The summed E-state index contributed by atoms with van der Waals surface area (Å²) in [5, 5.41) is 13.6. The van der Waals surface area contributed by atoms with E-state index in [-0.39, 0.29) is 22.8 Å². The van der Waals surface area contributed by atoms with Crippen molar-refractivity contribution in [1.29, 1.82) is 0 Å². The van der Waals surface area contributed by atoms with Gasteiger partial charge in [-0.3, -0.25) is 33.9 Å². The molecule has 1 aromatic heterocycles. The predicted octanol–water partition coefficient (Wildman–Crippen LogP) is 5.32. The number of aryl methyl sites for hydroxylation is 1. The van der Waals surface area contributed by atoms with Crippen LogP contribution in [0.3, 0.4) is 0 Å². The third-order valence-electron chi connectivity index (χ3n) is 7.20. The Labute approximate surface area is 255 Å². The van der Waals surface area contributed by atoms with Crippen molar-refractivity contribution in [2.24, 2.45) is 5.92 Å². The Balaban J connectivity index is 1.40. The maximum absolute atomic E-state index is 13.9. The Kier molecular flexibility index (Phi) is 7.33. The average molecular weight is 666 g/mol. The molecule has 3 aromatic carbocycles. The van der Waals surface area contributed by atoms with Crippen LogP contribution in [-0.2, 0) is 20.9 Å². The zero-order chi connectivity index (χ0) is 29.7. The van der Waals surface area contributed by atoms with Gasteiger partial charge in [0.05, 0.1) is 21.6 Å². The summed E-state index contributed by atoms with van der Waals surface area (Å²) in [5.41, 5.74) is 2.40. The number of nitrogens with zero attached hydrogens (tertiary/aromatic N) is 3. The Morgan fingerprint density at radius 3 is 2.40 bits per heavy atom. The molecular weight excluding hydrogens is 644 g/mol. The van der Waals surface area contributed by atoms with Gasteiger partial charge in [0.2, 0.25) is 17.7 Å². The SMILES string of the molecule is Cc1cccc(NC(=O)Cn2c3c(sc2=O)C(c2ccc(Br)cc2)C2C(=O)N(c4ccc([N+](=O)[O-])cc4)C(=O)C2S3)c1. The maximum atomic E-state index is 13.9. The molecule has 10 nitrogen and oxygen atoms in total. The number of nitro benzene ring substituents is 1. The van der Waals surface area contributed by atoms with Crippen LogP contribution in [0.4, 0.5) is 17.1 Å². The van der Waals surface area contributed by atoms with Crippen LogP contribution >= 0.6 is 39.0 Å². The van der Waals surface area contributed by atoms with Gasteiger partial charge in [0, 0.05) is 33.1 Å². The third kappa shape index (κ3) is 4.97. The number of aromatic nitrogens is 1. The highest BCUT2D eigenvalue weighted by Gasteiger charge is 2.56. The summed E-state index contributed by atoms with van der Waals surface area (Å²) in [5.74, 6) is -2.76. The van der Waals surface area contributed by atoms with Crippen LogP contribution in [0.15, 0.2) is 87.1 Å². The molecule has 4 aromatic rings. The Hall–Kier alpha value is -4.07. The topological polar surface area (TPSA) is 132 Å². The van der Waals surface area contributed by atoms with Gasteiger partial charge in [-0.25, -0.2) is 4.90 Å². The second kappa shape index (κ2) is 11.0. The van der Waals surface area contributed by atoms with Gasteiger partial charge >= 0.3 is 4.87 Å². The van der Waals surface area contributed by atoms with Crippen molar-refractivity contribution in [3.63, 3.8) is 0 Å². The molecule has 13 heteroatoms. The highest BCUT2D eigenvalue weighted by Crippen LogP contribution is 2.54. The number of benzene rings is 3. The molecule has 3 unspecified atom stereocenters. The van der Waals surface area contributed by atoms with E-state index in [0.717, 1.165) is 43.6 Å². The number of amides is 3. The number of fused-ring (bicyclic) bond motifs is 2. The molecule has 6 rings (SSSR count). The number of hydrogen-bond donors (Lipinski definition) is 1. The number of rotatable bonds is 6. The van der Waals surface area contributed by atoms with Gasteiger partial charge in [0.15, 0.2) is 0 Å². The minimum Gasteiger partial charge on any atom is -0.325 e. The smallest absolute Gasteiger partial charge is 0.308 e. The number of halogens is 1. The van der Waals surface area contributed by atoms with Gasteiger partial charge in [-0.05, 0) is 54.4 Å². The summed E-state index contributed by atoms with van der Waals surface area (Å²) >= 11 is 5.51. The van der Waals surface area contributed by atoms with Crippen LogP contribution in [0.1, 0.15) is 21.9 Å². The largest absolute Gasteiger partial charge is 0.325 e. The molecule has 0 aliphatic carbocycles. The number of nitro groups is 1. The summed E-state index contributed by atoms with van der Waals surface area (Å²) in [7, 11) is 0. The summed E-state index contributed by atoms with van der Waals surface area (Å²) in [6.45, 7) is 1.65. The van der Waals surface area contributed by atoms with Gasteiger partial charge in [0.1, 0.15) is 11.8 Å². The Bertz CT molecular complexity index is 1820. The van der Waals surface area contributed by atoms with E-state index in [0.29, 0.717) is 15.6 Å². The lowest BCUT2D eigenvalue weighted by molar-refractivity contribution is -0.384. The van der Waals surface area contributed by atoms with Crippen LogP contribution in [0, 0.1) is 23.0 Å². The van der Waals surface area contributed by atoms with Gasteiger partial charge in [0.25, 0.3) is 5.69 Å². The second-order valence-electron chi connectivity index (χ2n) is 9.92. The lowest BCUT2D eigenvalue weighted by Crippen LogP contribution is -2.33. The molecule has 3 heterocycles. The highest BCUT2D eigenvalue weighted by atomic mass is 79.9. The lowest BCUT2D eigenvalue weighted by atomic mass is 9.83. The third-order valence-corrected chi connectivity index (χ3v) is 10.3. The number of anilines is 2. The van der Waals surface area contributed by atoms with Crippen molar-refractivity contribution >= 4 is 73.8 Å². The number of nitrogens with one attached hydrogen (secondary N) is 1. The second-order valence-corrected chi connectivity index (χ2v) is 13.0. The first-order valence-corrected chi connectivity index (χ1v) is 15.3. The molecule has 1 fully saturated rings. The van der Waals surface area contributed by atoms with E-state index in [1.54, 1.807) is 6.07 Å². The predicted molar refractivity (Wildman–Crippen MR) is 163 cm³/mol. The van der Waals surface area contributed by atoms with Crippen LogP contribution in [0.5, 0.6) is 0 Å². The van der Waals surface area contributed by atoms with E-state index in [4.69, 9.17) is 0 Å². The molecule has 42 heavy (non-hydrogen) atoms. The molecule has 0 saturated carbocycles. The first-order chi connectivity index (χ1) is 20.1. The maximum Gasteiger partial charge on any atom is 0.308 e. The van der Waals surface area contributed by atoms with Crippen molar-refractivity contribution in [3.05, 3.63) is 113 Å². The van der Waals surface area contributed by atoms with Gasteiger partial charge < -0.3 is 5.32 Å². The molecular formula is C29H21BrN4O6S2. The van der Waals surface area contributed by atoms with Crippen LogP contribution in [-0.4, -0.2) is 32.5 Å². The zero-order valence-electron chi connectivity index (χ0n) is 21.9. The number of thioether (sulfide) groups is 1. The lowest BCUT2D eigenvalue weighted by Gasteiger charge is -2.30. The van der Waals surface area contributed by atoms with Crippen LogP contribution in [0.2, 0.25) is 0 Å². The molecule has 2 aliphatic rings. The number of imide groups is 1. The van der Waals surface area contributed by atoms with Crippen molar-refractivity contribution in [2.75, 3.05) is 10.2 Å². The molecule has 0 bridgehead atoms. The van der Waals surface area contributed by atoms with E-state index in [1.165, 1.54) is 28.8 Å². The number of hydrogen-bond acceptors (Lipinski definition) is 8. The summed E-state index contributed by atoms with van der Waals surface area (Å²) in [4.78, 5) is 65.9. The number of thiazole rings is 1. The number of carbonyl (C=O) groups is 3. The molecule has 3 amide bonds. The van der Waals surface area contributed by atoms with Crippen molar-refractivity contribution < 1.29 is 19.3 Å². The van der Waals surface area contributed by atoms with E-state index in [2.05, 4.69) is 21.2 Å². The summed E-state index contributed by atoms with van der Waals surface area (Å²) in [6, 6.07) is 19.9. The number of non-ortho nitro benzene ring substituents is 1. The first kappa shape index (κ1) is 28.1. The van der Waals surface area contributed by atoms with E-state index in [9.17, 15) is 29.3 Å². The summed E-state index contributed by atoms with van der Waals surface area (Å²) < 4.78 is 2.19. The standard InChI is InChI=1S/C29H21BrN4O6S2/c1-15-3-2-4-18(13-15)31-21(35)14-32-28-25(42-29(32)38)22(16-5-7-17(30)8-6-16)23-24(41-28)27(37)33(26(23)36)19-9-11-20(12-10-19)34(39)40/h2-13,22-24H,14H2,1H3,(H,31,35). The summed E-state index contributed by atoms with van der Waals surface area (Å²) in [6.07, 6.45) is 0. The first-order valence-electron chi connectivity index (χ1n) is 12.8. The number of carbonyl (C=O) groups excluding carboxylic acids is 3. The van der Waals surface area contributed by atoms with Crippen LogP contribution in [0.25, 0.3) is 0 Å². The van der Waals surface area contributed by atoms with Gasteiger partial charge in [-0.1, -0.05) is 63.3 Å². The quantitative estimate of drug-likeness (QED) is 0.168. The van der Waals surface area contributed by atoms with E-state index < -0.39 is 39.7 Å². The van der Waals surface area contributed by atoms with Crippen LogP contribution < -0.4 is 15.1 Å². The van der Waals surface area contributed by atoms with Crippen molar-refractivity contribution in [2.45, 2.75) is 29.7 Å². The molecule has 212 valence electrons. The Morgan fingerprint density at radius 1 is 1.02 bits per heavy atom. The molecule has 0 radical (unpaired) electrons. The van der Waals surface area contributed by atoms with Gasteiger partial charge in [-0.2, -0.15) is 0 Å². The molecule has 2 aliphatic heterocycles. The Morgan fingerprint density at radius 2 is 1.74 bits per heavy atom. The fourth-order valence-corrected chi connectivity index (χ4v) is 8.37. The minimum atomic E-state index is -0.867. The van der Waals surface area contributed by atoms with Gasteiger partial charge in [-0.15, -0.1) is 0 Å². The monoisotopic (exact) mass is 664 g/mol. The normalized spacial score (nSPS) is 19.4. The molecule has 3 atom stereocenters. The average Bonchev–Trinajstić information content (AvgIpc) is 3.39. The fourth-order valence-electron chi connectivity index (χ4n) is 5.33. The molecule has 1 N–H and O–H groups in total. The zero-order valence-corrected chi connectivity index (χ0v) is 25.1. The van der Waals surface area contributed by atoms with E-state index >= 15 is 0 Å². The fraction of sp³-hybridized carbons (Fsp3) is 0.172. The molecule has 1 saturated heterocycles.